The van der Waals surface area contributed by atoms with Crippen LogP contribution in [0.5, 0.6) is 0 Å². The van der Waals surface area contributed by atoms with Gasteiger partial charge in [-0.1, -0.05) is 82.2 Å². The molecule has 0 unspecified atom stereocenters. The average molecular weight is 403 g/mol. The molecule has 0 spiro atoms. The Morgan fingerprint density at radius 3 is 1.76 bits per heavy atom. The van der Waals surface area contributed by atoms with Crippen LogP contribution in [0, 0.1) is 0 Å². The van der Waals surface area contributed by atoms with Crippen LogP contribution in [0.15, 0.2) is 48.6 Å². The molecule has 1 N–H and O–H groups in total. The maximum absolute atomic E-state index is 11.8. The van der Waals surface area contributed by atoms with Crippen LogP contribution in [-0.4, -0.2) is 37.0 Å². The second kappa shape index (κ2) is 22.7. The maximum atomic E-state index is 11.8. The lowest BCUT2D eigenvalue weighted by molar-refractivity contribution is -0.121. The Bertz CT molecular complexity index is 473. The summed E-state index contributed by atoms with van der Waals surface area (Å²) < 4.78 is 0. The first-order chi connectivity index (χ1) is 14.2. The summed E-state index contributed by atoms with van der Waals surface area (Å²) in [5.41, 5.74) is 0. The van der Waals surface area contributed by atoms with E-state index in [0.29, 0.717) is 6.42 Å². The van der Waals surface area contributed by atoms with E-state index in [1.165, 1.54) is 25.7 Å². The number of rotatable bonds is 19. The fourth-order valence-electron chi connectivity index (χ4n) is 2.92. The van der Waals surface area contributed by atoms with Crippen molar-refractivity contribution < 1.29 is 4.79 Å². The smallest absolute Gasteiger partial charge is 0.220 e. The van der Waals surface area contributed by atoms with E-state index >= 15 is 0 Å². The van der Waals surface area contributed by atoms with Gasteiger partial charge in [0, 0.05) is 19.5 Å². The zero-order valence-corrected chi connectivity index (χ0v) is 19.4. The summed E-state index contributed by atoms with van der Waals surface area (Å²) in [7, 11) is 0. The largest absolute Gasteiger partial charge is 0.355 e. The number of allylic oxidation sites excluding steroid dienone is 8. The molecular formula is C26H46N2O. The first-order valence-electron chi connectivity index (χ1n) is 11.8. The minimum absolute atomic E-state index is 0.174. The number of unbranched alkanes of at least 4 members (excludes halogenated alkanes) is 4. The van der Waals surface area contributed by atoms with Crippen molar-refractivity contribution in [1.29, 1.82) is 0 Å². The third-order valence-corrected chi connectivity index (χ3v) is 4.88. The molecule has 0 atom stereocenters. The molecule has 0 aliphatic rings. The van der Waals surface area contributed by atoms with Gasteiger partial charge in [0.2, 0.25) is 5.91 Å². The molecule has 0 aromatic heterocycles. The summed E-state index contributed by atoms with van der Waals surface area (Å²) in [6, 6.07) is 0. The number of likely N-dealkylation sites (N-methyl/N-ethyl adjacent to an activating group) is 1. The molecule has 0 bridgehead atoms. The number of hydrogen-bond donors (Lipinski definition) is 1. The van der Waals surface area contributed by atoms with Gasteiger partial charge in [-0.3, -0.25) is 4.79 Å². The maximum Gasteiger partial charge on any atom is 0.220 e. The summed E-state index contributed by atoms with van der Waals surface area (Å²) in [5, 5.41) is 3.01. The lowest BCUT2D eigenvalue weighted by atomic mass is 10.2. The van der Waals surface area contributed by atoms with Crippen LogP contribution < -0.4 is 5.32 Å². The number of hydrogen-bond acceptors (Lipinski definition) is 2. The van der Waals surface area contributed by atoms with E-state index in [0.717, 1.165) is 58.3 Å². The van der Waals surface area contributed by atoms with E-state index in [-0.39, 0.29) is 5.91 Å². The van der Waals surface area contributed by atoms with Gasteiger partial charge in [-0.15, -0.1) is 0 Å². The van der Waals surface area contributed by atoms with Gasteiger partial charge in [-0.25, -0.2) is 0 Å². The van der Waals surface area contributed by atoms with Crippen molar-refractivity contribution in [2.24, 2.45) is 0 Å². The van der Waals surface area contributed by atoms with E-state index in [2.05, 4.69) is 79.6 Å². The van der Waals surface area contributed by atoms with Gasteiger partial charge in [0.15, 0.2) is 0 Å². The number of amides is 1. The Hall–Kier alpha value is -1.61. The van der Waals surface area contributed by atoms with Crippen LogP contribution in [0.1, 0.15) is 85.0 Å². The molecule has 0 aromatic carbocycles. The van der Waals surface area contributed by atoms with E-state index in [9.17, 15) is 4.79 Å². The lowest BCUT2D eigenvalue weighted by Gasteiger charge is -2.17. The Labute approximate surface area is 181 Å². The van der Waals surface area contributed by atoms with Crippen LogP contribution in [0.4, 0.5) is 0 Å². The van der Waals surface area contributed by atoms with Crippen molar-refractivity contribution in [3.05, 3.63) is 48.6 Å². The van der Waals surface area contributed by atoms with Gasteiger partial charge < -0.3 is 10.2 Å². The number of carbonyl (C=O) groups is 1. The van der Waals surface area contributed by atoms with Crippen molar-refractivity contribution in [2.75, 3.05) is 26.2 Å². The second-order valence-electron chi connectivity index (χ2n) is 7.36. The van der Waals surface area contributed by atoms with Crippen molar-refractivity contribution in [2.45, 2.75) is 85.0 Å². The molecule has 0 saturated carbocycles. The summed E-state index contributed by atoms with van der Waals surface area (Å²) in [5.74, 6) is 0.174. The highest BCUT2D eigenvalue weighted by molar-refractivity contribution is 5.75. The van der Waals surface area contributed by atoms with Crippen LogP contribution in [0.25, 0.3) is 0 Å². The summed E-state index contributed by atoms with van der Waals surface area (Å²) in [6.45, 7) is 10.3. The van der Waals surface area contributed by atoms with E-state index in [4.69, 9.17) is 0 Å². The van der Waals surface area contributed by atoms with E-state index in [1.807, 2.05) is 0 Å². The van der Waals surface area contributed by atoms with Crippen LogP contribution in [0.3, 0.4) is 0 Å². The SMILES string of the molecule is CCCCC/C=C\C/C=C\C/C=C\C/C=C\CCCC(=O)NCCN(CC)CC. The molecule has 166 valence electrons. The molecule has 0 fully saturated rings. The first kappa shape index (κ1) is 27.4. The van der Waals surface area contributed by atoms with Gasteiger partial charge in [0.05, 0.1) is 0 Å². The van der Waals surface area contributed by atoms with Crippen molar-refractivity contribution in [3.8, 4) is 0 Å². The Morgan fingerprint density at radius 1 is 0.724 bits per heavy atom. The summed E-state index contributed by atoms with van der Waals surface area (Å²) >= 11 is 0. The summed E-state index contributed by atoms with van der Waals surface area (Å²) in [6.07, 6.45) is 28.6. The monoisotopic (exact) mass is 402 g/mol. The fourth-order valence-corrected chi connectivity index (χ4v) is 2.92. The third-order valence-electron chi connectivity index (χ3n) is 4.88. The topological polar surface area (TPSA) is 32.3 Å². The molecular weight excluding hydrogens is 356 g/mol. The molecule has 0 aliphatic carbocycles. The predicted octanol–water partition coefficient (Wildman–Crippen LogP) is 6.59. The molecule has 0 aromatic rings. The molecule has 0 saturated heterocycles. The van der Waals surface area contributed by atoms with Crippen molar-refractivity contribution >= 4 is 5.91 Å². The van der Waals surface area contributed by atoms with Gasteiger partial charge in [-0.2, -0.15) is 0 Å². The average Bonchev–Trinajstić information content (AvgIpc) is 2.73. The van der Waals surface area contributed by atoms with Gasteiger partial charge in [0.25, 0.3) is 0 Å². The standard InChI is InChI=1S/C26H46N2O/c1-4-7-8-9-10-11-12-13-14-15-16-17-18-19-20-21-22-23-26(29)27-24-25-28(5-2)6-3/h10-11,13-14,16-17,19-20H,4-9,12,15,18,21-25H2,1-3H3,(H,27,29)/b11-10-,14-13-,17-16-,20-19-. The van der Waals surface area contributed by atoms with E-state index < -0.39 is 0 Å². The number of carbonyl (C=O) groups excluding carboxylic acids is 1. The van der Waals surface area contributed by atoms with Crippen molar-refractivity contribution in [3.63, 3.8) is 0 Å². The number of nitrogens with zero attached hydrogens (tertiary/aromatic N) is 1. The number of nitrogens with one attached hydrogen (secondary N) is 1. The van der Waals surface area contributed by atoms with Crippen LogP contribution >= 0.6 is 0 Å². The quantitative estimate of drug-likeness (QED) is 0.195. The van der Waals surface area contributed by atoms with Crippen molar-refractivity contribution in [1.82, 2.24) is 10.2 Å². The highest BCUT2D eigenvalue weighted by Crippen LogP contribution is 2.01. The van der Waals surface area contributed by atoms with Gasteiger partial charge in [0.1, 0.15) is 0 Å². The van der Waals surface area contributed by atoms with Crippen LogP contribution in [0.2, 0.25) is 0 Å². The molecule has 3 heteroatoms. The molecule has 1 amide bonds. The zero-order valence-electron chi connectivity index (χ0n) is 19.4. The molecule has 0 heterocycles. The lowest BCUT2D eigenvalue weighted by Crippen LogP contribution is -2.34. The summed E-state index contributed by atoms with van der Waals surface area (Å²) in [4.78, 5) is 14.1. The molecule has 0 aliphatic heterocycles. The molecule has 0 rings (SSSR count). The second-order valence-corrected chi connectivity index (χ2v) is 7.36. The van der Waals surface area contributed by atoms with Crippen LogP contribution in [-0.2, 0) is 4.79 Å². The Morgan fingerprint density at radius 2 is 1.24 bits per heavy atom. The molecule has 0 radical (unpaired) electrons. The Balaban J connectivity index is 3.52. The fraction of sp³-hybridized carbons (Fsp3) is 0.654. The molecule has 29 heavy (non-hydrogen) atoms. The highest BCUT2D eigenvalue weighted by Gasteiger charge is 2.01. The third kappa shape index (κ3) is 20.9. The molecule has 3 nitrogen and oxygen atoms in total. The van der Waals surface area contributed by atoms with Gasteiger partial charge in [-0.05, 0) is 58.0 Å². The van der Waals surface area contributed by atoms with Gasteiger partial charge >= 0.3 is 0 Å². The zero-order chi connectivity index (χ0) is 21.4. The Kier molecular flexibility index (Phi) is 21.4. The first-order valence-corrected chi connectivity index (χ1v) is 11.8. The predicted molar refractivity (Wildman–Crippen MR) is 129 cm³/mol. The minimum atomic E-state index is 0.174. The highest BCUT2D eigenvalue weighted by atomic mass is 16.1. The minimum Gasteiger partial charge on any atom is -0.355 e. The van der Waals surface area contributed by atoms with E-state index in [1.54, 1.807) is 0 Å². The normalized spacial score (nSPS) is 12.4.